The molecule has 0 fully saturated rings. The maximum absolute atomic E-state index is 12.1. The highest BCUT2D eigenvalue weighted by Gasteiger charge is 2.43. The first-order chi connectivity index (χ1) is 15.2. The molecule has 168 valence electrons. The SMILES string of the molecule is [C-]#[N+]c1ccc(-c2ccc(C3=CCN(CCC(C)(C(=O)NO)S(C)(=O)=O)CC3)cc2)cc1. The van der Waals surface area contributed by atoms with Crippen LogP contribution in [0.5, 0.6) is 0 Å². The van der Waals surface area contributed by atoms with Gasteiger partial charge in [0.25, 0.3) is 5.91 Å². The van der Waals surface area contributed by atoms with Crippen LogP contribution in [0.4, 0.5) is 5.69 Å². The van der Waals surface area contributed by atoms with Gasteiger partial charge in [0.15, 0.2) is 20.3 Å². The molecule has 0 aliphatic carbocycles. The third-order valence-electron chi connectivity index (χ3n) is 6.18. The van der Waals surface area contributed by atoms with Gasteiger partial charge in [-0.05, 0) is 42.0 Å². The molecule has 0 aromatic heterocycles. The Kier molecular flexibility index (Phi) is 7.14. The van der Waals surface area contributed by atoms with Gasteiger partial charge in [-0.25, -0.2) is 18.7 Å². The highest BCUT2D eigenvalue weighted by molar-refractivity contribution is 7.92. The van der Waals surface area contributed by atoms with Crippen molar-refractivity contribution < 1.29 is 18.4 Å². The lowest BCUT2D eigenvalue weighted by atomic mass is 9.96. The van der Waals surface area contributed by atoms with E-state index in [-0.39, 0.29) is 6.42 Å². The van der Waals surface area contributed by atoms with Gasteiger partial charge < -0.3 is 0 Å². The molecular formula is C24H27N3O4S. The molecule has 32 heavy (non-hydrogen) atoms. The highest BCUT2D eigenvalue weighted by atomic mass is 32.2. The van der Waals surface area contributed by atoms with Crippen LogP contribution in [0, 0.1) is 6.57 Å². The Hall–Kier alpha value is -2.99. The van der Waals surface area contributed by atoms with Crippen molar-refractivity contribution in [1.82, 2.24) is 10.4 Å². The lowest BCUT2D eigenvalue weighted by Gasteiger charge is -2.31. The fraction of sp³-hybridized carbons (Fsp3) is 0.333. The molecule has 3 rings (SSSR count). The Labute approximate surface area is 189 Å². The van der Waals surface area contributed by atoms with Crippen LogP contribution >= 0.6 is 0 Å². The summed E-state index contributed by atoms with van der Waals surface area (Å²) in [6.07, 6.45) is 4.06. The highest BCUT2D eigenvalue weighted by Crippen LogP contribution is 2.28. The Morgan fingerprint density at radius 2 is 1.69 bits per heavy atom. The maximum atomic E-state index is 12.1. The van der Waals surface area contributed by atoms with Crippen molar-refractivity contribution in [2.45, 2.75) is 24.5 Å². The summed E-state index contributed by atoms with van der Waals surface area (Å²) in [5, 5.41) is 8.95. The number of carbonyl (C=O) groups is 1. The van der Waals surface area contributed by atoms with Crippen LogP contribution in [0.3, 0.4) is 0 Å². The van der Waals surface area contributed by atoms with E-state index in [1.54, 1.807) is 0 Å². The number of hydrogen-bond donors (Lipinski definition) is 2. The van der Waals surface area contributed by atoms with E-state index in [2.05, 4.69) is 40.1 Å². The standard InChI is InChI=1S/C24H27N3O4S/c1-24(23(28)26-29,32(3,30)31)14-17-27-15-12-21(13-16-27)19-6-4-18(5-7-19)20-8-10-22(25-2)11-9-20/h4-12,29H,13-17H2,1,3H3,(H,26,28). The van der Waals surface area contributed by atoms with E-state index in [9.17, 15) is 13.2 Å². The Bertz CT molecular complexity index is 1150. The number of nitrogens with one attached hydrogen (secondary N) is 1. The normalized spacial score (nSPS) is 16.5. The zero-order valence-corrected chi connectivity index (χ0v) is 19.0. The lowest BCUT2D eigenvalue weighted by Crippen LogP contribution is -2.51. The molecule has 7 nitrogen and oxygen atoms in total. The molecule has 0 saturated carbocycles. The van der Waals surface area contributed by atoms with Crippen LogP contribution in [0.25, 0.3) is 21.5 Å². The first-order valence-corrected chi connectivity index (χ1v) is 12.2. The number of rotatable bonds is 7. The molecule has 8 heteroatoms. The molecule has 1 heterocycles. The maximum Gasteiger partial charge on any atom is 0.264 e. The van der Waals surface area contributed by atoms with Gasteiger partial charge in [0.05, 0.1) is 6.57 Å². The van der Waals surface area contributed by atoms with Crippen molar-refractivity contribution in [2.75, 3.05) is 25.9 Å². The topological polar surface area (TPSA) is 91.1 Å². The molecular weight excluding hydrogens is 426 g/mol. The molecule has 1 amide bonds. The second kappa shape index (κ2) is 9.65. The van der Waals surface area contributed by atoms with Gasteiger partial charge in [-0.2, -0.15) is 0 Å². The third kappa shape index (κ3) is 5.07. The summed E-state index contributed by atoms with van der Waals surface area (Å²) in [4.78, 5) is 17.5. The summed E-state index contributed by atoms with van der Waals surface area (Å²) in [5.74, 6) is -0.906. The van der Waals surface area contributed by atoms with Crippen molar-refractivity contribution in [3.05, 3.63) is 71.6 Å². The smallest absolute Gasteiger partial charge is 0.264 e. The second-order valence-electron chi connectivity index (χ2n) is 8.21. The largest absolute Gasteiger partial charge is 0.299 e. The number of amides is 1. The number of nitrogens with zero attached hydrogens (tertiary/aromatic N) is 2. The van der Waals surface area contributed by atoms with Crippen LogP contribution in [-0.4, -0.2) is 55.1 Å². The van der Waals surface area contributed by atoms with E-state index in [1.807, 2.05) is 24.3 Å². The van der Waals surface area contributed by atoms with Gasteiger partial charge in [-0.1, -0.05) is 54.6 Å². The van der Waals surface area contributed by atoms with Crippen LogP contribution < -0.4 is 5.48 Å². The molecule has 0 radical (unpaired) electrons. The third-order valence-corrected chi connectivity index (χ3v) is 8.21. The summed E-state index contributed by atoms with van der Waals surface area (Å²) in [6.45, 7) is 10.2. The van der Waals surface area contributed by atoms with Gasteiger partial charge in [-0.15, -0.1) is 0 Å². The minimum Gasteiger partial charge on any atom is -0.299 e. The number of hydroxylamine groups is 1. The van der Waals surface area contributed by atoms with E-state index in [0.29, 0.717) is 18.8 Å². The molecule has 1 aliphatic heterocycles. The minimum atomic E-state index is -3.69. The van der Waals surface area contributed by atoms with Gasteiger partial charge in [0.1, 0.15) is 0 Å². The van der Waals surface area contributed by atoms with Crippen molar-refractivity contribution in [3.63, 3.8) is 0 Å². The Balaban J connectivity index is 1.64. The number of sulfone groups is 1. The predicted molar refractivity (Wildman–Crippen MR) is 125 cm³/mol. The van der Waals surface area contributed by atoms with Gasteiger partial charge in [0, 0.05) is 25.9 Å². The fourth-order valence-electron chi connectivity index (χ4n) is 3.74. The van der Waals surface area contributed by atoms with Crippen LogP contribution in [0.15, 0.2) is 54.6 Å². The van der Waals surface area contributed by atoms with Crippen LogP contribution in [-0.2, 0) is 14.6 Å². The summed E-state index contributed by atoms with van der Waals surface area (Å²) >= 11 is 0. The Morgan fingerprint density at radius 3 is 2.16 bits per heavy atom. The average molecular weight is 454 g/mol. The van der Waals surface area contributed by atoms with E-state index in [1.165, 1.54) is 18.0 Å². The second-order valence-corrected chi connectivity index (χ2v) is 10.7. The van der Waals surface area contributed by atoms with Crippen molar-refractivity contribution in [2.24, 2.45) is 0 Å². The molecule has 1 aliphatic rings. The summed E-state index contributed by atoms with van der Waals surface area (Å²) < 4.78 is 22.5. The van der Waals surface area contributed by atoms with Gasteiger partial charge in [-0.3, -0.25) is 14.9 Å². The predicted octanol–water partition coefficient (Wildman–Crippen LogP) is 3.69. The van der Waals surface area contributed by atoms with Crippen LogP contribution in [0.1, 0.15) is 25.3 Å². The molecule has 0 bridgehead atoms. The number of carbonyl (C=O) groups excluding carboxylic acids is 1. The average Bonchev–Trinajstić information content (AvgIpc) is 2.81. The summed E-state index contributed by atoms with van der Waals surface area (Å²) in [5.41, 5.74) is 6.64. The van der Waals surface area contributed by atoms with E-state index in [0.717, 1.165) is 35.9 Å². The lowest BCUT2D eigenvalue weighted by molar-refractivity contribution is -0.131. The first-order valence-electron chi connectivity index (χ1n) is 10.3. The monoisotopic (exact) mass is 453 g/mol. The molecule has 0 saturated heterocycles. The van der Waals surface area contributed by atoms with Crippen molar-refractivity contribution >= 4 is 27.0 Å². The van der Waals surface area contributed by atoms with E-state index in [4.69, 9.17) is 11.8 Å². The summed E-state index contributed by atoms with van der Waals surface area (Å²) in [7, 11) is -3.69. The number of benzene rings is 2. The fourth-order valence-corrected chi connectivity index (χ4v) is 4.58. The number of hydrogen-bond acceptors (Lipinski definition) is 5. The van der Waals surface area contributed by atoms with Crippen molar-refractivity contribution in [1.29, 1.82) is 0 Å². The first kappa shape index (κ1) is 23.7. The van der Waals surface area contributed by atoms with Gasteiger partial charge in [0.2, 0.25) is 0 Å². The van der Waals surface area contributed by atoms with E-state index >= 15 is 0 Å². The van der Waals surface area contributed by atoms with Gasteiger partial charge >= 0.3 is 0 Å². The zero-order chi connectivity index (χ0) is 23.4. The molecule has 1 atom stereocenters. The van der Waals surface area contributed by atoms with Crippen LogP contribution in [0.2, 0.25) is 0 Å². The zero-order valence-electron chi connectivity index (χ0n) is 18.2. The minimum absolute atomic E-state index is 0.0996. The molecule has 2 N–H and O–H groups in total. The molecule has 1 unspecified atom stereocenters. The molecule has 0 spiro atoms. The molecule has 2 aromatic carbocycles. The van der Waals surface area contributed by atoms with E-state index < -0.39 is 20.5 Å². The van der Waals surface area contributed by atoms with Crippen molar-refractivity contribution in [3.8, 4) is 11.1 Å². The quantitative estimate of drug-likeness (QED) is 0.379. The molecule has 2 aromatic rings. The summed E-state index contributed by atoms with van der Waals surface area (Å²) in [6, 6.07) is 15.8. The Morgan fingerprint density at radius 1 is 1.12 bits per heavy atom.